The summed E-state index contributed by atoms with van der Waals surface area (Å²) in [5.74, 6) is 0. The molecular formula is C4H3NO. The fourth-order valence-corrected chi connectivity index (χ4v) is 0.0720. The zero-order valence-corrected chi connectivity index (χ0v) is 3.14. The van der Waals surface area contributed by atoms with Crippen LogP contribution in [0.4, 0.5) is 0 Å². The third-order valence-corrected chi connectivity index (χ3v) is 0.219. The van der Waals surface area contributed by atoms with Crippen molar-refractivity contribution in [2.75, 3.05) is 0 Å². The Morgan fingerprint density at radius 2 is 2.50 bits per heavy atom. The largest absolute Gasteiger partial charge is 0.145 e. The summed E-state index contributed by atoms with van der Waals surface area (Å²) in [5, 5.41) is 2.34. The summed E-state index contributed by atoms with van der Waals surface area (Å²) < 4.78 is 0. The van der Waals surface area contributed by atoms with Gasteiger partial charge < -0.3 is 0 Å². The molecule has 0 aliphatic carbocycles. The van der Waals surface area contributed by atoms with Crippen molar-refractivity contribution in [3.63, 3.8) is 0 Å². The smallest absolute Gasteiger partial charge is 0.122 e. The maximum Gasteiger partial charge on any atom is 0.122 e. The van der Waals surface area contributed by atoms with E-state index in [-0.39, 0.29) is 0 Å². The second-order valence-electron chi connectivity index (χ2n) is 0.556. The molecule has 0 radical (unpaired) electrons. The molecule has 0 aliphatic rings. The average molecular weight is 81.1 g/mol. The molecule has 0 bridgehead atoms. The molecule has 0 saturated carbocycles. The van der Waals surface area contributed by atoms with E-state index in [0.717, 1.165) is 6.20 Å². The molecule has 0 heterocycles. The van der Waals surface area contributed by atoms with Crippen LogP contribution in [-0.2, 0) is 0 Å². The van der Waals surface area contributed by atoms with Gasteiger partial charge in [-0.3, -0.25) is 0 Å². The average Bonchev–Trinajstić information content (AvgIpc) is 1.61. The van der Waals surface area contributed by atoms with Gasteiger partial charge in [0, 0.05) is 0 Å². The van der Waals surface area contributed by atoms with Crippen molar-refractivity contribution in [1.82, 2.24) is 0 Å². The molecule has 0 aromatic carbocycles. The maximum atomic E-state index is 9.13. The highest BCUT2D eigenvalue weighted by atomic mass is 16.2. The first-order valence-corrected chi connectivity index (χ1v) is 1.33. The highest BCUT2D eigenvalue weighted by Crippen LogP contribution is 1.59. The van der Waals surface area contributed by atoms with Crippen LogP contribution in [0.2, 0.25) is 0 Å². The molecule has 0 aromatic heterocycles. The van der Waals surface area contributed by atoms with Crippen LogP contribution < -0.4 is 0 Å². The number of rotatable bonds is 1. The first-order chi connectivity index (χ1) is 2.91. The second-order valence-corrected chi connectivity index (χ2v) is 0.556. The predicted molar refractivity (Wildman–Crippen MR) is 23.0 cm³/mol. The van der Waals surface area contributed by atoms with E-state index in [1.54, 1.807) is 0 Å². The van der Waals surface area contributed by atoms with E-state index in [9.17, 15) is 0 Å². The van der Waals surface area contributed by atoms with E-state index in [4.69, 9.17) is 4.91 Å². The molecule has 2 nitrogen and oxygen atoms in total. The lowest BCUT2D eigenvalue weighted by Gasteiger charge is -1.43. The van der Waals surface area contributed by atoms with Crippen molar-refractivity contribution in [2.45, 2.75) is 0 Å². The van der Waals surface area contributed by atoms with E-state index in [1.165, 1.54) is 0 Å². The lowest BCUT2D eigenvalue weighted by Crippen LogP contribution is -1.28. The summed E-state index contributed by atoms with van der Waals surface area (Å²) in [6, 6.07) is 0. The standard InChI is InChI=1S/C4H3NO/c1-2-3-4-5-6/h4H,1H2. The third kappa shape index (κ3) is 2.90. The zero-order valence-electron chi connectivity index (χ0n) is 3.14. The van der Waals surface area contributed by atoms with Gasteiger partial charge in [-0.25, -0.2) is 0 Å². The summed E-state index contributed by atoms with van der Waals surface area (Å²) >= 11 is 0. The van der Waals surface area contributed by atoms with E-state index >= 15 is 0 Å². The van der Waals surface area contributed by atoms with Gasteiger partial charge in [0.1, 0.15) is 6.20 Å². The van der Waals surface area contributed by atoms with Gasteiger partial charge in [0.25, 0.3) is 0 Å². The summed E-state index contributed by atoms with van der Waals surface area (Å²) in [4.78, 5) is 9.13. The summed E-state index contributed by atoms with van der Waals surface area (Å²) in [7, 11) is 0. The van der Waals surface area contributed by atoms with Crippen LogP contribution in [0.15, 0.2) is 29.4 Å². The lowest BCUT2D eigenvalue weighted by atomic mass is 10.8. The predicted octanol–water partition coefficient (Wildman–Crippen LogP) is 1.21. The molecule has 0 spiro atoms. The van der Waals surface area contributed by atoms with Crippen molar-refractivity contribution in [2.24, 2.45) is 5.18 Å². The summed E-state index contributed by atoms with van der Waals surface area (Å²) in [6.07, 6.45) is 0.951. The monoisotopic (exact) mass is 81.0 g/mol. The van der Waals surface area contributed by atoms with Gasteiger partial charge in [-0.15, -0.1) is 4.91 Å². The highest BCUT2D eigenvalue weighted by molar-refractivity contribution is 4.77. The van der Waals surface area contributed by atoms with Crippen LogP contribution in [0.5, 0.6) is 0 Å². The number of nitrogens with zero attached hydrogens (tertiary/aromatic N) is 1. The van der Waals surface area contributed by atoms with Crippen molar-refractivity contribution in [3.05, 3.63) is 29.1 Å². The number of nitroso groups, excluding NO2 is 1. The van der Waals surface area contributed by atoms with Gasteiger partial charge in [-0.1, -0.05) is 5.73 Å². The summed E-state index contributed by atoms with van der Waals surface area (Å²) in [5.41, 5.74) is 4.45. The van der Waals surface area contributed by atoms with Gasteiger partial charge in [-0.05, 0) is 17.5 Å². The minimum Gasteiger partial charge on any atom is -0.145 e. The molecule has 0 unspecified atom stereocenters. The quantitative estimate of drug-likeness (QED) is 0.344. The maximum absolute atomic E-state index is 9.13. The van der Waals surface area contributed by atoms with Crippen molar-refractivity contribution >= 4 is 0 Å². The van der Waals surface area contributed by atoms with E-state index < -0.39 is 0 Å². The van der Waals surface area contributed by atoms with E-state index in [1.807, 2.05) is 0 Å². The number of hydrogen-bond donors (Lipinski definition) is 0. The van der Waals surface area contributed by atoms with Gasteiger partial charge in [-0.2, -0.15) is 0 Å². The van der Waals surface area contributed by atoms with Crippen LogP contribution in [0.3, 0.4) is 0 Å². The normalized spacial score (nSPS) is 4.67. The molecule has 0 aromatic rings. The van der Waals surface area contributed by atoms with Crippen molar-refractivity contribution in [1.29, 1.82) is 0 Å². The second kappa shape index (κ2) is 3.90. The fraction of sp³-hybridized carbons (Fsp3) is 0. The first-order valence-electron chi connectivity index (χ1n) is 1.33. The van der Waals surface area contributed by atoms with Gasteiger partial charge in [0.05, 0.1) is 0 Å². The first kappa shape index (κ1) is 4.90. The molecule has 30 valence electrons. The Labute approximate surface area is 35.5 Å². The molecule has 6 heavy (non-hydrogen) atoms. The van der Waals surface area contributed by atoms with Gasteiger partial charge in [0.15, 0.2) is 0 Å². The van der Waals surface area contributed by atoms with Crippen LogP contribution >= 0.6 is 0 Å². The van der Waals surface area contributed by atoms with Crippen molar-refractivity contribution in [3.8, 4) is 0 Å². The highest BCUT2D eigenvalue weighted by Gasteiger charge is 1.45. The topological polar surface area (TPSA) is 29.4 Å². The Bertz CT molecular complexity index is 116. The molecule has 0 saturated heterocycles. The van der Waals surface area contributed by atoms with Crippen LogP contribution in [-0.4, -0.2) is 0 Å². The Hall–Kier alpha value is -1.10. The molecule has 0 atom stereocenters. The molecule has 0 fully saturated rings. The Morgan fingerprint density at radius 1 is 1.83 bits per heavy atom. The van der Waals surface area contributed by atoms with Gasteiger partial charge in [0.2, 0.25) is 0 Å². The molecule has 0 amide bonds. The SMILES string of the molecule is C=C=C=CN=O. The van der Waals surface area contributed by atoms with Gasteiger partial charge >= 0.3 is 0 Å². The minimum atomic E-state index is 0.951. The summed E-state index contributed by atoms with van der Waals surface area (Å²) in [6.45, 7) is 3.13. The Kier molecular flexibility index (Phi) is 3.19. The number of hydrogen-bond acceptors (Lipinski definition) is 2. The molecule has 2 heteroatoms. The molecule has 0 N–H and O–H groups in total. The van der Waals surface area contributed by atoms with Crippen LogP contribution in [0, 0.1) is 4.91 Å². The molecule has 0 rings (SSSR count). The zero-order chi connectivity index (χ0) is 4.83. The fourth-order valence-electron chi connectivity index (χ4n) is 0.0720. The van der Waals surface area contributed by atoms with E-state index in [2.05, 4.69) is 23.2 Å². The van der Waals surface area contributed by atoms with Crippen LogP contribution in [0.25, 0.3) is 0 Å². The van der Waals surface area contributed by atoms with E-state index in [0.29, 0.717) is 0 Å². The Morgan fingerprint density at radius 3 is 2.67 bits per heavy atom. The minimum absolute atomic E-state index is 0.951. The molecular weight excluding hydrogens is 78.0 g/mol. The van der Waals surface area contributed by atoms with Crippen LogP contribution in [0.1, 0.15) is 0 Å². The van der Waals surface area contributed by atoms with Crippen molar-refractivity contribution < 1.29 is 0 Å². The lowest BCUT2D eigenvalue weighted by molar-refractivity contribution is 1.55. The Balaban J connectivity index is 3.79. The third-order valence-electron chi connectivity index (χ3n) is 0.219. The molecule has 0 aliphatic heterocycles.